The van der Waals surface area contributed by atoms with Crippen molar-refractivity contribution in [3.63, 3.8) is 0 Å². The number of benzene rings is 3. The minimum Gasteiger partial charge on any atom is -0.907 e. The summed E-state index contributed by atoms with van der Waals surface area (Å²) in [7, 11) is -7.94. The SMILES string of the molecule is FC(F)(F)[s+]1c(C2CCC2)cc2ccccc21.FC(F)(F)[s+]1c(C2CCC2)cc2ccccc21.FC(F)(F)[s+]1c(C2CCC2)cc2ccccc21.[O-]B([O-])[O-]. The Labute approximate surface area is 320 Å². The molecule has 3 unspecified atom stereocenters. The molecule has 3 aromatic heterocycles. The van der Waals surface area contributed by atoms with Crippen molar-refractivity contribution >= 4 is 69.0 Å². The van der Waals surface area contributed by atoms with Crippen LogP contribution in [0, 0.1) is 0 Å². The van der Waals surface area contributed by atoms with Crippen molar-refractivity contribution in [2.24, 2.45) is 0 Å². The lowest BCUT2D eigenvalue weighted by molar-refractivity contribution is -0.479. The van der Waals surface area contributed by atoms with Gasteiger partial charge in [-0.05, 0) is 74.9 Å². The zero-order valence-electron chi connectivity index (χ0n) is 29.2. The van der Waals surface area contributed by atoms with Gasteiger partial charge >= 0.3 is 16.5 Å². The highest BCUT2D eigenvalue weighted by molar-refractivity contribution is 7.39. The van der Waals surface area contributed by atoms with Crippen molar-refractivity contribution in [2.75, 3.05) is 0 Å². The molecule has 3 atom stereocenters. The summed E-state index contributed by atoms with van der Waals surface area (Å²) in [5, 5.41) is 27.5. The Kier molecular flexibility index (Phi) is 12.6. The first-order chi connectivity index (χ1) is 25.9. The molecule has 3 aliphatic carbocycles. The zero-order valence-corrected chi connectivity index (χ0v) is 31.6. The molecule has 0 bridgehead atoms. The maximum atomic E-state index is 13.2. The zero-order chi connectivity index (χ0) is 39.7. The second kappa shape index (κ2) is 16.8. The van der Waals surface area contributed by atoms with Crippen LogP contribution >= 0.6 is 31.4 Å². The van der Waals surface area contributed by atoms with Crippen LogP contribution < -0.4 is 15.1 Å². The number of hydrogen-bond acceptors (Lipinski definition) is 3. The van der Waals surface area contributed by atoms with Crippen LogP contribution in [0.4, 0.5) is 39.5 Å². The molecule has 3 nitrogen and oxygen atoms in total. The molecule has 3 heterocycles. The largest absolute Gasteiger partial charge is 0.907 e. The third-order valence-corrected chi connectivity index (χ3v) is 16.8. The molecule has 6 aromatic rings. The molecule has 0 amide bonds. The van der Waals surface area contributed by atoms with Crippen LogP contribution in [0.3, 0.4) is 0 Å². The van der Waals surface area contributed by atoms with Crippen molar-refractivity contribution in [1.29, 1.82) is 0 Å². The van der Waals surface area contributed by atoms with Gasteiger partial charge in [0.2, 0.25) is 0 Å². The van der Waals surface area contributed by atoms with Crippen molar-refractivity contribution in [2.45, 2.75) is 92.1 Å². The molecule has 0 saturated heterocycles. The second-order valence-electron chi connectivity index (χ2n) is 13.7. The van der Waals surface area contributed by atoms with Crippen molar-refractivity contribution in [3.8, 4) is 0 Å². The summed E-state index contributed by atoms with van der Waals surface area (Å²) in [6.45, 7) is 0. The first-order valence-electron chi connectivity index (χ1n) is 17.8. The van der Waals surface area contributed by atoms with Crippen LogP contribution in [0.25, 0.3) is 30.3 Å². The summed E-state index contributed by atoms with van der Waals surface area (Å²) in [5.74, 6) is 0.479. The summed E-state index contributed by atoms with van der Waals surface area (Å²) in [6.07, 6.45) is 8.69. The van der Waals surface area contributed by atoms with Crippen LogP contribution in [0.15, 0.2) is 91.0 Å². The van der Waals surface area contributed by atoms with Gasteiger partial charge in [-0.15, -0.1) is 39.5 Å². The molecular weight excluding hydrogens is 794 g/mol. The Morgan fingerprint density at radius 3 is 0.818 bits per heavy atom. The average molecular weight is 831 g/mol. The van der Waals surface area contributed by atoms with Gasteiger partial charge < -0.3 is 15.1 Å². The molecule has 3 aliphatic rings. The summed E-state index contributed by atoms with van der Waals surface area (Å²) >= 11 is 0. The number of hydrogen-bond donors (Lipinski definition) is 0. The fraction of sp³-hybridized carbons (Fsp3) is 0.385. The van der Waals surface area contributed by atoms with E-state index >= 15 is 0 Å². The summed E-state index contributed by atoms with van der Waals surface area (Å²) in [6, 6.07) is 26.0. The highest BCUT2D eigenvalue weighted by Crippen LogP contribution is 2.58. The topological polar surface area (TPSA) is 69.2 Å². The van der Waals surface area contributed by atoms with Crippen molar-refractivity contribution in [1.82, 2.24) is 0 Å². The third-order valence-electron chi connectivity index (χ3n) is 10.2. The lowest BCUT2D eigenvalue weighted by Crippen LogP contribution is -2.56. The molecule has 294 valence electrons. The quantitative estimate of drug-likeness (QED) is 0.101. The number of thiophene rings is 3. The van der Waals surface area contributed by atoms with Gasteiger partial charge in [0.25, 0.3) is 0 Å². The van der Waals surface area contributed by atoms with Gasteiger partial charge in [0, 0.05) is 52.1 Å². The molecule has 3 saturated carbocycles. The molecule has 0 aliphatic heterocycles. The van der Waals surface area contributed by atoms with Crippen molar-refractivity contribution < 1.29 is 54.6 Å². The van der Waals surface area contributed by atoms with Crippen LogP contribution in [-0.4, -0.2) is 7.32 Å². The average Bonchev–Trinajstić information content (AvgIpc) is 3.69. The van der Waals surface area contributed by atoms with E-state index in [1.54, 1.807) is 91.0 Å². The highest BCUT2D eigenvalue weighted by Gasteiger charge is 2.52. The molecule has 3 fully saturated rings. The smallest absolute Gasteiger partial charge is 0.600 e. The van der Waals surface area contributed by atoms with Gasteiger partial charge in [0.15, 0.2) is 28.7 Å². The van der Waals surface area contributed by atoms with E-state index < -0.39 is 55.3 Å². The summed E-state index contributed by atoms with van der Waals surface area (Å²) in [4.78, 5) is 1.85. The van der Waals surface area contributed by atoms with E-state index in [9.17, 15) is 39.5 Å². The molecule has 0 radical (unpaired) electrons. The standard InChI is InChI=1S/3C13H12F3S.BO3/c3*14-13(15,16)17-11-7-2-1-4-10(11)8-12(17)9-5-3-6-9;2-1(3)4/h3*1-2,4,7-9H,3,5-6H2;/q3*+1;-3. The van der Waals surface area contributed by atoms with Gasteiger partial charge in [-0.2, -0.15) is 0 Å². The van der Waals surface area contributed by atoms with Crippen LogP contribution in [-0.2, 0) is 16.5 Å². The number of rotatable bonds is 3. The second-order valence-corrected chi connectivity index (χ2v) is 19.6. The number of halogens is 9. The number of alkyl halides is 9. The minimum atomic E-state index is -4.13. The van der Waals surface area contributed by atoms with E-state index in [1.807, 2.05) is 0 Å². The Hall–Kier alpha value is -3.15. The third kappa shape index (κ3) is 9.36. The first kappa shape index (κ1) is 41.5. The predicted octanol–water partition coefficient (Wildman–Crippen LogP) is 12.1. The highest BCUT2D eigenvalue weighted by atomic mass is 32.2. The number of fused-ring (bicyclic) bond motifs is 3. The summed E-state index contributed by atoms with van der Waals surface area (Å²) in [5.41, 5.74) is -12.4. The van der Waals surface area contributed by atoms with Gasteiger partial charge in [-0.25, -0.2) is 0 Å². The van der Waals surface area contributed by atoms with Crippen LogP contribution in [0.2, 0.25) is 0 Å². The predicted molar refractivity (Wildman–Crippen MR) is 199 cm³/mol. The first-order valence-corrected chi connectivity index (χ1v) is 21.4. The lowest BCUT2D eigenvalue weighted by atomic mass is 9.84. The van der Waals surface area contributed by atoms with E-state index in [0.717, 1.165) is 73.9 Å². The maximum Gasteiger partial charge on any atom is 0.600 e. The summed E-state index contributed by atoms with van der Waals surface area (Å²) < 4.78 is 120. The molecule has 0 N–H and O–H groups in total. The van der Waals surface area contributed by atoms with Gasteiger partial charge in [-0.3, -0.25) is 7.32 Å². The van der Waals surface area contributed by atoms with E-state index in [1.165, 1.54) is 0 Å². The molecule has 9 rings (SSSR count). The molecule has 16 heteroatoms. The normalized spacial score (nSPS) is 17.6. The van der Waals surface area contributed by atoms with Crippen LogP contribution in [0.1, 0.15) is 90.2 Å². The van der Waals surface area contributed by atoms with E-state index in [2.05, 4.69) is 0 Å². The Balaban J connectivity index is 0.000000134. The fourth-order valence-corrected chi connectivity index (χ4v) is 13.6. The van der Waals surface area contributed by atoms with Crippen LogP contribution in [0.5, 0.6) is 0 Å². The molecule has 55 heavy (non-hydrogen) atoms. The molecular formula is C39H36BF9O3S3. The Morgan fingerprint density at radius 2 is 0.636 bits per heavy atom. The maximum absolute atomic E-state index is 13.2. The minimum absolute atomic E-state index is 0.160. The monoisotopic (exact) mass is 830 g/mol. The van der Waals surface area contributed by atoms with E-state index in [4.69, 9.17) is 15.1 Å². The van der Waals surface area contributed by atoms with E-state index in [-0.39, 0.29) is 17.8 Å². The Morgan fingerprint density at radius 1 is 0.418 bits per heavy atom. The van der Waals surface area contributed by atoms with Crippen molar-refractivity contribution in [3.05, 3.63) is 106 Å². The lowest BCUT2D eigenvalue weighted by Gasteiger charge is -2.35. The van der Waals surface area contributed by atoms with E-state index in [0.29, 0.717) is 28.7 Å². The Bertz CT molecular complexity index is 1960. The fourth-order valence-electron chi connectivity index (χ4n) is 7.08. The van der Waals surface area contributed by atoms with Gasteiger partial charge in [-0.1, -0.05) is 55.7 Å². The van der Waals surface area contributed by atoms with Gasteiger partial charge in [0.1, 0.15) is 0 Å². The molecule has 0 spiro atoms. The van der Waals surface area contributed by atoms with Gasteiger partial charge in [0.05, 0.1) is 31.4 Å². The molecule has 3 aromatic carbocycles.